The molecule has 5 heteroatoms. The van der Waals surface area contributed by atoms with E-state index in [-0.39, 0.29) is 5.91 Å². The molecule has 2 aromatic heterocycles. The van der Waals surface area contributed by atoms with Crippen molar-refractivity contribution in [1.29, 1.82) is 0 Å². The molecule has 3 heterocycles. The Balaban J connectivity index is 1.85. The van der Waals surface area contributed by atoms with Crippen LogP contribution in [0.1, 0.15) is 24.8 Å². The lowest BCUT2D eigenvalue weighted by Gasteiger charge is -2.26. The van der Waals surface area contributed by atoms with Gasteiger partial charge in [-0.1, -0.05) is 0 Å². The van der Waals surface area contributed by atoms with Crippen LogP contribution >= 0.6 is 0 Å². The first-order valence-corrected chi connectivity index (χ1v) is 7.20. The Morgan fingerprint density at radius 2 is 2.10 bits per heavy atom. The van der Waals surface area contributed by atoms with Crippen molar-refractivity contribution < 1.29 is 4.79 Å². The highest BCUT2D eigenvalue weighted by Crippen LogP contribution is 2.19. The Bertz CT molecular complexity index is 613. The molecular formula is C15H20N4O. The molecule has 5 nitrogen and oxygen atoms in total. The highest BCUT2D eigenvalue weighted by Gasteiger charge is 2.18. The van der Waals surface area contributed by atoms with Gasteiger partial charge in [-0.15, -0.1) is 0 Å². The minimum atomic E-state index is 0.177. The van der Waals surface area contributed by atoms with Crippen LogP contribution in [0.4, 0.5) is 0 Å². The fourth-order valence-corrected chi connectivity index (χ4v) is 2.87. The smallest absolute Gasteiger partial charge is 0.242 e. The maximum Gasteiger partial charge on any atom is 0.242 e. The SMILES string of the molecule is NCc1cn(CC(=O)N2CCCCC2)c2ncccc12. The molecule has 0 atom stereocenters. The van der Waals surface area contributed by atoms with Crippen molar-refractivity contribution in [3.63, 3.8) is 0 Å². The van der Waals surface area contributed by atoms with Gasteiger partial charge in [0.15, 0.2) is 0 Å². The Morgan fingerprint density at radius 1 is 1.30 bits per heavy atom. The monoisotopic (exact) mass is 272 g/mol. The molecule has 3 rings (SSSR count). The van der Waals surface area contributed by atoms with E-state index in [4.69, 9.17) is 5.73 Å². The summed E-state index contributed by atoms with van der Waals surface area (Å²) >= 11 is 0. The standard InChI is InChI=1S/C15H20N4O/c16-9-12-10-19(15-13(12)5-4-6-17-15)11-14(20)18-7-2-1-3-8-18/h4-6,10H,1-3,7-9,11,16H2. The molecule has 1 fully saturated rings. The van der Waals surface area contributed by atoms with E-state index in [0.717, 1.165) is 42.5 Å². The van der Waals surface area contributed by atoms with Gasteiger partial charge in [0.05, 0.1) is 0 Å². The van der Waals surface area contributed by atoms with Gasteiger partial charge in [-0.2, -0.15) is 0 Å². The number of hydrogen-bond acceptors (Lipinski definition) is 3. The first-order chi connectivity index (χ1) is 9.79. The fraction of sp³-hybridized carbons (Fsp3) is 0.467. The molecule has 1 amide bonds. The van der Waals surface area contributed by atoms with Crippen LogP contribution in [-0.4, -0.2) is 33.4 Å². The lowest BCUT2D eigenvalue weighted by Crippen LogP contribution is -2.37. The minimum absolute atomic E-state index is 0.177. The van der Waals surface area contributed by atoms with Gasteiger partial charge in [-0.25, -0.2) is 4.98 Å². The molecule has 0 radical (unpaired) electrons. The first-order valence-electron chi connectivity index (χ1n) is 7.20. The molecule has 1 aliphatic rings. The van der Waals surface area contributed by atoms with Crippen molar-refractivity contribution in [2.24, 2.45) is 5.73 Å². The van der Waals surface area contributed by atoms with Crippen LogP contribution in [0, 0.1) is 0 Å². The normalized spacial score (nSPS) is 15.8. The van der Waals surface area contributed by atoms with Gasteiger partial charge in [-0.05, 0) is 37.0 Å². The highest BCUT2D eigenvalue weighted by atomic mass is 16.2. The lowest BCUT2D eigenvalue weighted by atomic mass is 10.1. The Kier molecular flexibility index (Phi) is 3.69. The summed E-state index contributed by atoms with van der Waals surface area (Å²) in [5.41, 5.74) is 7.65. The van der Waals surface area contributed by atoms with Gasteiger partial charge >= 0.3 is 0 Å². The molecule has 0 saturated carbocycles. The predicted molar refractivity (Wildman–Crippen MR) is 78.1 cm³/mol. The van der Waals surface area contributed by atoms with E-state index >= 15 is 0 Å². The van der Waals surface area contributed by atoms with E-state index in [1.165, 1.54) is 6.42 Å². The average molecular weight is 272 g/mol. The number of amides is 1. The van der Waals surface area contributed by atoms with Crippen LogP contribution in [0.5, 0.6) is 0 Å². The largest absolute Gasteiger partial charge is 0.341 e. The molecule has 1 aliphatic heterocycles. The molecule has 0 spiro atoms. The van der Waals surface area contributed by atoms with Crippen LogP contribution < -0.4 is 5.73 Å². The number of carbonyl (C=O) groups is 1. The van der Waals surface area contributed by atoms with Crippen molar-refractivity contribution in [3.8, 4) is 0 Å². The minimum Gasteiger partial charge on any atom is -0.341 e. The molecule has 0 aliphatic carbocycles. The van der Waals surface area contributed by atoms with E-state index in [0.29, 0.717) is 13.1 Å². The molecular weight excluding hydrogens is 252 g/mol. The second kappa shape index (κ2) is 5.63. The first kappa shape index (κ1) is 13.1. The van der Waals surface area contributed by atoms with E-state index < -0.39 is 0 Å². The number of likely N-dealkylation sites (tertiary alicyclic amines) is 1. The summed E-state index contributed by atoms with van der Waals surface area (Å²) < 4.78 is 1.93. The number of fused-ring (bicyclic) bond motifs is 1. The number of hydrogen-bond donors (Lipinski definition) is 1. The maximum atomic E-state index is 12.4. The van der Waals surface area contributed by atoms with E-state index in [1.807, 2.05) is 27.8 Å². The maximum absolute atomic E-state index is 12.4. The van der Waals surface area contributed by atoms with E-state index in [2.05, 4.69) is 4.98 Å². The molecule has 2 aromatic rings. The second-order valence-electron chi connectivity index (χ2n) is 5.30. The zero-order chi connectivity index (χ0) is 13.9. The zero-order valence-corrected chi connectivity index (χ0v) is 11.6. The van der Waals surface area contributed by atoms with Gasteiger partial charge < -0.3 is 15.2 Å². The van der Waals surface area contributed by atoms with Crippen molar-refractivity contribution in [3.05, 3.63) is 30.1 Å². The number of aromatic nitrogens is 2. The molecule has 1 saturated heterocycles. The molecule has 2 N–H and O–H groups in total. The summed E-state index contributed by atoms with van der Waals surface area (Å²) in [4.78, 5) is 18.7. The number of piperidine rings is 1. The topological polar surface area (TPSA) is 64.2 Å². The van der Waals surface area contributed by atoms with E-state index in [1.54, 1.807) is 6.20 Å². The second-order valence-corrected chi connectivity index (χ2v) is 5.30. The number of carbonyl (C=O) groups excluding carboxylic acids is 1. The van der Waals surface area contributed by atoms with Crippen LogP contribution in [0.15, 0.2) is 24.5 Å². The van der Waals surface area contributed by atoms with E-state index in [9.17, 15) is 4.79 Å². The summed E-state index contributed by atoms with van der Waals surface area (Å²) in [6.45, 7) is 2.59. The van der Waals surface area contributed by atoms with Gasteiger partial charge in [-0.3, -0.25) is 4.79 Å². The summed E-state index contributed by atoms with van der Waals surface area (Å²) in [5.74, 6) is 0.177. The van der Waals surface area contributed by atoms with Gasteiger partial charge in [0.25, 0.3) is 0 Å². The number of nitrogens with two attached hydrogens (primary N) is 1. The Labute approximate surface area is 118 Å². The molecule has 0 aromatic carbocycles. The molecule has 106 valence electrons. The summed E-state index contributed by atoms with van der Waals surface area (Å²) in [5, 5.41) is 1.04. The van der Waals surface area contributed by atoms with Crippen LogP contribution in [0.2, 0.25) is 0 Å². The van der Waals surface area contributed by atoms with Crippen LogP contribution in [0.3, 0.4) is 0 Å². The molecule has 20 heavy (non-hydrogen) atoms. The van der Waals surface area contributed by atoms with Crippen molar-refractivity contribution >= 4 is 16.9 Å². The van der Waals surface area contributed by atoms with Crippen molar-refractivity contribution in [2.75, 3.05) is 13.1 Å². The van der Waals surface area contributed by atoms with Crippen molar-refractivity contribution in [2.45, 2.75) is 32.4 Å². The summed E-state index contributed by atoms with van der Waals surface area (Å²) in [6.07, 6.45) is 7.17. The number of pyridine rings is 1. The van der Waals surface area contributed by atoms with Gasteiger partial charge in [0.2, 0.25) is 5.91 Å². The number of nitrogens with zero attached hydrogens (tertiary/aromatic N) is 3. The van der Waals surface area contributed by atoms with Crippen LogP contribution in [-0.2, 0) is 17.9 Å². The Hall–Kier alpha value is -1.88. The third kappa shape index (κ3) is 2.41. The Morgan fingerprint density at radius 3 is 2.85 bits per heavy atom. The quantitative estimate of drug-likeness (QED) is 0.921. The van der Waals surface area contributed by atoms with Crippen molar-refractivity contribution in [1.82, 2.24) is 14.5 Å². The third-order valence-corrected chi connectivity index (χ3v) is 3.95. The highest BCUT2D eigenvalue weighted by molar-refractivity contribution is 5.83. The summed E-state index contributed by atoms with van der Waals surface area (Å²) in [6, 6.07) is 3.91. The average Bonchev–Trinajstić information content (AvgIpc) is 2.86. The predicted octanol–water partition coefficient (Wildman–Crippen LogP) is 1.51. The molecule has 0 bridgehead atoms. The van der Waals surface area contributed by atoms with Crippen LogP contribution in [0.25, 0.3) is 11.0 Å². The fourth-order valence-electron chi connectivity index (χ4n) is 2.87. The lowest BCUT2D eigenvalue weighted by molar-refractivity contribution is -0.132. The van der Waals surface area contributed by atoms with Gasteiger partial charge in [0, 0.05) is 37.4 Å². The molecule has 0 unspecified atom stereocenters. The zero-order valence-electron chi connectivity index (χ0n) is 11.6. The third-order valence-electron chi connectivity index (χ3n) is 3.95. The summed E-state index contributed by atoms with van der Waals surface area (Å²) in [7, 11) is 0. The number of rotatable bonds is 3. The van der Waals surface area contributed by atoms with Gasteiger partial charge in [0.1, 0.15) is 12.2 Å².